The van der Waals surface area contributed by atoms with Gasteiger partial charge < -0.3 is 26.3 Å². The topological polar surface area (TPSA) is 116 Å². The van der Waals surface area contributed by atoms with Gasteiger partial charge in [0.25, 0.3) is 0 Å². The Morgan fingerprint density at radius 1 is 1.15 bits per heavy atom. The van der Waals surface area contributed by atoms with E-state index in [1.165, 1.54) is 5.56 Å². The maximum Gasteiger partial charge on any atom is 0.242 e. The van der Waals surface area contributed by atoms with Crippen molar-refractivity contribution in [3.63, 3.8) is 0 Å². The van der Waals surface area contributed by atoms with Crippen molar-refractivity contribution in [3.8, 4) is 0 Å². The summed E-state index contributed by atoms with van der Waals surface area (Å²) < 4.78 is 0. The van der Waals surface area contributed by atoms with Crippen LogP contribution in [0.2, 0.25) is 0 Å². The molecule has 3 atom stereocenters. The van der Waals surface area contributed by atoms with Gasteiger partial charge in [-0.3, -0.25) is 9.59 Å². The Labute approximate surface area is 192 Å². The number of fused-ring (bicyclic) bond motifs is 1. The Balaban J connectivity index is 1.13. The van der Waals surface area contributed by atoms with Crippen molar-refractivity contribution in [1.82, 2.24) is 25.5 Å². The van der Waals surface area contributed by atoms with Crippen LogP contribution >= 0.6 is 0 Å². The number of nitrogens with zero attached hydrogens (tertiary/aromatic N) is 2. The molecule has 0 radical (unpaired) electrons. The van der Waals surface area contributed by atoms with Crippen LogP contribution in [0.3, 0.4) is 0 Å². The van der Waals surface area contributed by atoms with Crippen LogP contribution < -0.4 is 16.4 Å². The minimum Gasteiger partial charge on any atom is -0.369 e. The van der Waals surface area contributed by atoms with E-state index >= 15 is 0 Å². The number of amides is 2. The van der Waals surface area contributed by atoms with Crippen molar-refractivity contribution in [1.29, 1.82) is 0 Å². The predicted molar refractivity (Wildman–Crippen MR) is 128 cm³/mol. The number of anilines is 1. The van der Waals surface area contributed by atoms with Crippen LogP contribution in [0.25, 0.3) is 11.0 Å². The van der Waals surface area contributed by atoms with Crippen molar-refractivity contribution in [2.24, 2.45) is 0 Å². The second-order valence-corrected chi connectivity index (χ2v) is 8.99. The number of aromatic amines is 1. The summed E-state index contributed by atoms with van der Waals surface area (Å²) in [6.45, 7) is 1.97. The van der Waals surface area contributed by atoms with Gasteiger partial charge >= 0.3 is 0 Å². The molecule has 2 aliphatic heterocycles. The van der Waals surface area contributed by atoms with Crippen molar-refractivity contribution < 1.29 is 9.59 Å². The summed E-state index contributed by atoms with van der Waals surface area (Å²) in [7, 11) is 0. The number of nitrogens with one attached hydrogen (secondary N) is 3. The van der Waals surface area contributed by atoms with Gasteiger partial charge in [-0.25, -0.2) is 4.98 Å². The fourth-order valence-electron chi connectivity index (χ4n) is 4.94. The van der Waals surface area contributed by atoms with Gasteiger partial charge in [0.1, 0.15) is 6.04 Å². The normalized spacial score (nSPS) is 22.7. The van der Waals surface area contributed by atoms with Crippen LogP contribution in [0.1, 0.15) is 36.3 Å². The smallest absolute Gasteiger partial charge is 0.242 e. The second kappa shape index (κ2) is 9.23. The summed E-state index contributed by atoms with van der Waals surface area (Å²) >= 11 is 0. The van der Waals surface area contributed by atoms with Crippen LogP contribution in [0, 0.1) is 0 Å². The molecule has 1 aromatic heterocycles. The molecule has 3 aromatic rings. The van der Waals surface area contributed by atoms with E-state index in [0.29, 0.717) is 37.8 Å². The summed E-state index contributed by atoms with van der Waals surface area (Å²) in [6.07, 6.45) is 3.21. The number of aromatic nitrogens is 2. The van der Waals surface area contributed by atoms with Gasteiger partial charge in [-0.15, -0.1) is 0 Å². The number of imidazole rings is 1. The molecule has 0 aliphatic carbocycles. The molecule has 0 bridgehead atoms. The lowest BCUT2D eigenvalue weighted by Crippen LogP contribution is -2.62. The van der Waals surface area contributed by atoms with E-state index in [4.69, 9.17) is 5.73 Å². The highest BCUT2D eigenvalue weighted by Crippen LogP contribution is 2.29. The Bertz CT molecular complexity index is 1140. The molecule has 2 aromatic carbocycles. The molecule has 0 unspecified atom stereocenters. The minimum absolute atomic E-state index is 0.0457. The number of nitrogen functional groups attached to an aromatic ring is 1. The van der Waals surface area contributed by atoms with Gasteiger partial charge in [0.15, 0.2) is 5.95 Å². The van der Waals surface area contributed by atoms with E-state index in [9.17, 15) is 9.59 Å². The Kier molecular flexibility index (Phi) is 6.00. The van der Waals surface area contributed by atoms with Crippen molar-refractivity contribution in [2.75, 3.05) is 25.4 Å². The summed E-state index contributed by atoms with van der Waals surface area (Å²) in [5.41, 5.74) is 9.79. The van der Waals surface area contributed by atoms with Gasteiger partial charge in [0.05, 0.1) is 17.1 Å². The number of benzene rings is 2. The van der Waals surface area contributed by atoms with Crippen molar-refractivity contribution in [3.05, 3.63) is 59.7 Å². The molecule has 8 heteroatoms. The molecule has 2 aliphatic rings. The monoisotopic (exact) mass is 446 g/mol. The number of piperidine rings is 1. The standard InChI is InChI=1S/C25H30N6O2/c26-25-29-19-7-6-16(14-20(19)30-25)8-11-28-23(32)22-10-13-31(22)24(33)21-15-18(9-12-27-21)17-4-2-1-3-5-17/h1-7,14,18,21-22,27H,8-13,15H2,(H,28,32)(H3,26,29,30)/t18-,21+,22-/m0/s1. The van der Waals surface area contributed by atoms with Gasteiger partial charge in [-0.2, -0.15) is 0 Å². The zero-order chi connectivity index (χ0) is 22.8. The van der Waals surface area contributed by atoms with Gasteiger partial charge in [-0.1, -0.05) is 36.4 Å². The van der Waals surface area contributed by atoms with E-state index in [2.05, 4.69) is 32.7 Å². The molecule has 33 heavy (non-hydrogen) atoms. The molecule has 5 rings (SSSR count). The number of rotatable bonds is 6. The Morgan fingerprint density at radius 3 is 2.79 bits per heavy atom. The number of hydrogen-bond acceptors (Lipinski definition) is 5. The highest BCUT2D eigenvalue weighted by Gasteiger charge is 2.41. The molecule has 172 valence electrons. The fraction of sp³-hybridized carbons (Fsp3) is 0.400. The third-order valence-electron chi connectivity index (χ3n) is 6.86. The molecule has 2 saturated heterocycles. The lowest BCUT2D eigenvalue weighted by molar-refractivity contribution is -0.149. The Morgan fingerprint density at radius 2 is 2.00 bits per heavy atom. The lowest BCUT2D eigenvalue weighted by atomic mass is 9.85. The zero-order valence-corrected chi connectivity index (χ0v) is 18.6. The quantitative estimate of drug-likeness (QED) is 0.462. The van der Waals surface area contributed by atoms with Gasteiger partial charge in [0, 0.05) is 13.1 Å². The number of likely N-dealkylation sites (tertiary alicyclic amines) is 1. The number of carbonyl (C=O) groups excluding carboxylic acids is 2. The third kappa shape index (κ3) is 4.57. The average molecular weight is 447 g/mol. The molecule has 5 N–H and O–H groups in total. The first-order valence-electron chi connectivity index (χ1n) is 11.7. The maximum atomic E-state index is 13.2. The molecule has 0 spiro atoms. The van der Waals surface area contributed by atoms with E-state index in [1.807, 2.05) is 36.4 Å². The first-order chi connectivity index (χ1) is 16.1. The molecule has 8 nitrogen and oxygen atoms in total. The van der Waals surface area contributed by atoms with Crippen molar-refractivity contribution >= 4 is 28.8 Å². The van der Waals surface area contributed by atoms with E-state index in [1.54, 1.807) is 4.90 Å². The predicted octanol–water partition coefficient (Wildman–Crippen LogP) is 1.94. The van der Waals surface area contributed by atoms with Crippen LogP contribution in [-0.2, 0) is 16.0 Å². The first-order valence-corrected chi connectivity index (χ1v) is 11.7. The molecule has 2 fully saturated rings. The molecule has 3 heterocycles. The van der Waals surface area contributed by atoms with Crippen LogP contribution in [0.4, 0.5) is 5.95 Å². The van der Waals surface area contributed by atoms with Crippen LogP contribution in [0.15, 0.2) is 48.5 Å². The summed E-state index contributed by atoms with van der Waals surface area (Å²) in [4.78, 5) is 34.9. The van der Waals surface area contributed by atoms with Gasteiger partial charge in [0.2, 0.25) is 11.8 Å². The fourth-order valence-corrected chi connectivity index (χ4v) is 4.94. The number of nitrogens with two attached hydrogens (primary N) is 1. The second-order valence-electron chi connectivity index (χ2n) is 8.99. The maximum absolute atomic E-state index is 13.2. The third-order valence-corrected chi connectivity index (χ3v) is 6.86. The molecule has 2 amide bonds. The summed E-state index contributed by atoms with van der Waals surface area (Å²) in [5, 5.41) is 6.37. The van der Waals surface area contributed by atoms with Crippen molar-refractivity contribution in [2.45, 2.75) is 43.7 Å². The van der Waals surface area contributed by atoms with E-state index < -0.39 is 0 Å². The van der Waals surface area contributed by atoms with Crippen LogP contribution in [0.5, 0.6) is 0 Å². The lowest BCUT2D eigenvalue weighted by Gasteiger charge is -2.43. The Hall–Kier alpha value is -3.39. The number of carbonyl (C=O) groups is 2. The van der Waals surface area contributed by atoms with E-state index in [0.717, 1.165) is 36.0 Å². The molecular formula is C25H30N6O2. The average Bonchev–Trinajstić information content (AvgIpc) is 3.18. The number of H-pyrrole nitrogens is 1. The minimum atomic E-state index is -0.369. The number of hydrogen-bond donors (Lipinski definition) is 4. The summed E-state index contributed by atoms with van der Waals surface area (Å²) in [5.74, 6) is 0.742. The van der Waals surface area contributed by atoms with Gasteiger partial charge in [-0.05, 0) is 61.4 Å². The first kappa shape index (κ1) is 21.5. The molecular weight excluding hydrogens is 416 g/mol. The van der Waals surface area contributed by atoms with Crippen LogP contribution in [-0.4, -0.2) is 58.4 Å². The largest absolute Gasteiger partial charge is 0.369 e. The van der Waals surface area contributed by atoms with E-state index in [-0.39, 0.29) is 23.9 Å². The highest BCUT2D eigenvalue weighted by atomic mass is 16.2. The highest BCUT2D eigenvalue weighted by molar-refractivity contribution is 5.91. The zero-order valence-electron chi connectivity index (χ0n) is 18.6. The molecule has 0 saturated carbocycles. The SMILES string of the molecule is Nc1nc2ccc(CCNC(=O)[C@@H]3CCN3C(=O)[C@H]3C[C@@H](c4ccccc4)CCN3)cc2[nH]1. The summed E-state index contributed by atoms with van der Waals surface area (Å²) in [6, 6.07) is 15.7.